The third kappa shape index (κ3) is 2.63. The lowest BCUT2D eigenvalue weighted by molar-refractivity contribution is 0.112. The molecule has 0 aliphatic heterocycles. The van der Waals surface area contributed by atoms with Crippen molar-refractivity contribution in [1.82, 2.24) is 0 Å². The van der Waals surface area contributed by atoms with Gasteiger partial charge in [-0.2, -0.15) is 0 Å². The monoisotopic (exact) mass is 360 g/mol. The number of hydrogen-bond donors (Lipinski definition) is 1. The van der Waals surface area contributed by atoms with Crippen LogP contribution in [0.1, 0.15) is 39.0 Å². The first kappa shape index (κ1) is 15.1. The van der Waals surface area contributed by atoms with Crippen molar-refractivity contribution in [1.29, 1.82) is 0 Å². The van der Waals surface area contributed by atoms with Crippen LogP contribution in [0.2, 0.25) is 0 Å². The molecule has 0 heterocycles. The Morgan fingerprint density at radius 3 is 2.86 bits per heavy atom. The number of aromatic hydroxyl groups is 1. The van der Waals surface area contributed by atoms with Gasteiger partial charge < -0.3 is 9.84 Å². The van der Waals surface area contributed by atoms with E-state index in [0.29, 0.717) is 17.9 Å². The lowest BCUT2D eigenvalue weighted by Crippen LogP contribution is -2.02. The summed E-state index contributed by atoms with van der Waals surface area (Å²) in [7, 11) is 0. The molecule has 2 aromatic rings. The molecule has 1 aliphatic rings. The molecule has 0 saturated carbocycles. The predicted molar refractivity (Wildman–Crippen MR) is 88.7 cm³/mol. The highest BCUT2D eigenvalue weighted by molar-refractivity contribution is 9.10. The Balaban J connectivity index is 1.90. The number of hydrogen-bond acceptors (Lipinski definition) is 3. The summed E-state index contributed by atoms with van der Waals surface area (Å²) in [4.78, 5) is 11.2. The zero-order valence-corrected chi connectivity index (χ0v) is 13.9. The number of ether oxygens (including phenoxy) is 1. The molecule has 0 fully saturated rings. The SMILES string of the molecule is Cc1c(Br)cccc1COc1cc(O)c(C=O)c2c1CCC2. The first-order chi connectivity index (χ1) is 10.6. The van der Waals surface area contributed by atoms with Gasteiger partial charge in [0.15, 0.2) is 6.29 Å². The summed E-state index contributed by atoms with van der Waals surface area (Å²) in [5, 5.41) is 10.0. The largest absolute Gasteiger partial charge is 0.507 e. The number of halogens is 1. The second kappa shape index (κ2) is 6.13. The minimum atomic E-state index is 0.0108. The molecular formula is C18H17BrO3. The van der Waals surface area contributed by atoms with E-state index in [1.54, 1.807) is 6.07 Å². The van der Waals surface area contributed by atoms with E-state index in [0.717, 1.165) is 52.3 Å². The van der Waals surface area contributed by atoms with Crippen molar-refractivity contribution < 1.29 is 14.6 Å². The molecule has 1 aliphatic carbocycles. The zero-order chi connectivity index (χ0) is 15.7. The highest BCUT2D eigenvalue weighted by Gasteiger charge is 2.22. The molecule has 2 aromatic carbocycles. The van der Waals surface area contributed by atoms with Crippen LogP contribution in [-0.2, 0) is 19.4 Å². The van der Waals surface area contributed by atoms with Gasteiger partial charge in [-0.1, -0.05) is 28.1 Å². The fraction of sp³-hybridized carbons (Fsp3) is 0.278. The summed E-state index contributed by atoms with van der Waals surface area (Å²) in [6, 6.07) is 7.58. The Hall–Kier alpha value is -1.81. The van der Waals surface area contributed by atoms with Crippen molar-refractivity contribution in [2.45, 2.75) is 32.8 Å². The van der Waals surface area contributed by atoms with Crippen LogP contribution in [0.5, 0.6) is 11.5 Å². The van der Waals surface area contributed by atoms with Gasteiger partial charge in [-0.05, 0) is 54.5 Å². The molecule has 1 N–H and O–H groups in total. The van der Waals surface area contributed by atoms with Crippen molar-refractivity contribution in [3.8, 4) is 11.5 Å². The molecule has 0 amide bonds. The topological polar surface area (TPSA) is 46.5 Å². The normalized spacial score (nSPS) is 13.0. The van der Waals surface area contributed by atoms with Gasteiger partial charge in [0.2, 0.25) is 0 Å². The molecule has 0 spiro atoms. The Kier molecular flexibility index (Phi) is 4.21. The summed E-state index contributed by atoms with van der Waals surface area (Å²) in [5.74, 6) is 0.701. The number of phenolic OH excluding ortho intramolecular Hbond substituents is 1. The van der Waals surface area contributed by atoms with Crippen molar-refractivity contribution >= 4 is 22.2 Å². The van der Waals surface area contributed by atoms with Crippen LogP contribution in [0.25, 0.3) is 0 Å². The number of benzene rings is 2. The van der Waals surface area contributed by atoms with Crippen LogP contribution in [0.4, 0.5) is 0 Å². The van der Waals surface area contributed by atoms with Gasteiger partial charge in [0.25, 0.3) is 0 Å². The predicted octanol–water partition coefficient (Wildman–Crippen LogP) is 4.34. The van der Waals surface area contributed by atoms with E-state index in [1.807, 2.05) is 25.1 Å². The van der Waals surface area contributed by atoms with Gasteiger partial charge in [-0.3, -0.25) is 4.79 Å². The van der Waals surface area contributed by atoms with Crippen LogP contribution in [0.15, 0.2) is 28.7 Å². The number of fused-ring (bicyclic) bond motifs is 1. The first-order valence-corrected chi connectivity index (χ1v) is 8.10. The number of carbonyl (C=O) groups excluding carboxylic acids is 1. The van der Waals surface area contributed by atoms with E-state index in [4.69, 9.17) is 4.74 Å². The number of aldehydes is 1. The minimum Gasteiger partial charge on any atom is -0.507 e. The van der Waals surface area contributed by atoms with Gasteiger partial charge in [0, 0.05) is 10.5 Å². The van der Waals surface area contributed by atoms with Crippen LogP contribution in [0.3, 0.4) is 0 Å². The summed E-state index contributed by atoms with van der Waals surface area (Å²) >= 11 is 3.52. The number of carbonyl (C=O) groups is 1. The molecule has 3 rings (SSSR count). The van der Waals surface area contributed by atoms with Gasteiger partial charge in [0.05, 0.1) is 5.56 Å². The Morgan fingerprint density at radius 2 is 2.09 bits per heavy atom. The lowest BCUT2D eigenvalue weighted by Gasteiger charge is -2.15. The molecule has 4 heteroatoms. The summed E-state index contributed by atoms with van der Waals surface area (Å²) < 4.78 is 7.01. The van der Waals surface area contributed by atoms with Crippen LogP contribution in [0, 0.1) is 6.92 Å². The van der Waals surface area contributed by atoms with Gasteiger partial charge in [-0.15, -0.1) is 0 Å². The van der Waals surface area contributed by atoms with E-state index in [2.05, 4.69) is 15.9 Å². The average Bonchev–Trinajstić information content (AvgIpc) is 2.98. The third-order valence-corrected chi connectivity index (χ3v) is 5.12. The van der Waals surface area contributed by atoms with E-state index in [1.165, 1.54) is 0 Å². The Morgan fingerprint density at radius 1 is 1.32 bits per heavy atom. The fourth-order valence-electron chi connectivity index (χ4n) is 2.98. The molecule has 22 heavy (non-hydrogen) atoms. The zero-order valence-electron chi connectivity index (χ0n) is 12.4. The average molecular weight is 361 g/mol. The molecule has 3 nitrogen and oxygen atoms in total. The second-order valence-corrected chi connectivity index (χ2v) is 6.40. The van der Waals surface area contributed by atoms with Crippen molar-refractivity contribution in [3.05, 3.63) is 56.6 Å². The molecular weight excluding hydrogens is 344 g/mol. The molecule has 0 bridgehead atoms. The van der Waals surface area contributed by atoms with Gasteiger partial charge in [0.1, 0.15) is 18.1 Å². The Bertz CT molecular complexity index is 738. The highest BCUT2D eigenvalue weighted by Crippen LogP contribution is 2.38. The lowest BCUT2D eigenvalue weighted by atomic mass is 10.0. The molecule has 114 valence electrons. The molecule has 0 radical (unpaired) electrons. The van der Waals surface area contributed by atoms with Gasteiger partial charge in [-0.25, -0.2) is 0 Å². The number of rotatable bonds is 4. The Labute approximate surface area is 138 Å². The third-order valence-electron chi connectivity index (χ3n) is 4.27. The maximum Gasteiger partial charge on any atom is 0.154 e. The second-order valence-electron chi connectivity index (χ2n) is 5.55. The quantitative estimate of drug-likeness (QED) is 0.824. The van der Waals surface area contributed by atoms with E-state index in [9.17, 15) is 9.90 Å². The molecule has 0 atom stereocenters. The fourth-order valence-corrected chi connectivity index (χ4v) is 3.39. The summed E-state index contributed by atoms with van der Waals surface area (Å²) in [6.45, 7) is 2.48. The standard InChI is InChI=1S/C18H17BrO3/c1-11-12(4-2-7-16(11)19)10-22-18-8-17(21)15(9-20)13-5-3-6-14(13)18/h2,4,7-9,21H,3,5-6,10H2,1H3. The summed E-state index contributed by atoms with van der Waals surface area (Å²) in [6.07, 6.45) is 3.45. The van der Waals surface area contributed by atoms with Crippen molar-refractivity contribution in [3.63, 3.8) is 0 Å². The highest BCUT2D eigenvalue weighted by atomic mass is 79.9. The molecule has 0 saturated heterocycles. The molecule has 0 aromatic heterocycles. The van der Waals surface area contributed by atoms with Crippen molar-refractivity contribution in [2.75, 3.05) is 0 Å². The van der Waals surface area contributed by atoms with Gasteiger partial charge >= 0.3 is 0 Å². The van der Waals surface area contributed by atoms with E-state index in [-0.39, 0.29) is 5.75 Å². The van der Waals surface area contributed by atoms with E-state index >= 15 is 0 Å². The smallest absolute Gasteiger partial charge is 0.154 e. The first-order valence-electron chi connectivity index (χ1n) is 7.31. The maximum atomic E-state index is 11.2. The molecule has 0 unspecified atom stereocenters. The van der Waals surface area contributed by atoms with Crippen LogP contribution in [-0.4, -0.2) is 11.4 Å². The van der Waals surface area contributed by atoms with E-state index < -0.39 is 0 Å². The maximum absolute atomic E-state index is 11.2. The van der Waals surface area contributed by atoms with Crippen molar-refractivity contribution in [2.24, 2.45) is 0 Å². The summed E-state index contributed by atoms with van der Waals surface area (Å²) in [5.41, 5.74) is 4.66. The van der Waals surface area contributed by atoms with Crippen LogP contribution < -0.4 is 4.74 Å². The van der Waals surface area contributed by atoms with Crippen LogP contribution >= 0.6 is 15.9 Å². The minimum absolute atomic E-state index is 0.0108. The number of phenols is 1.